The monoisotopic (exact) mass is 346 g/mol. The summed E-state index contributed by atoms with van der Waals surface area (Å²) in [4.78, 5) is 23.7. The maximum Gasteiger partial charge on any atom is 0.279 e. The van der Waals surface area contributed by atoms with Crippen LogP contribution in [0, 0.1) is 0 Å². The third-order valence-electron chi connectivity index (χ3n) is 3.32. The average Bonchev–Trinajstić information content (AvgIpc) is 2.60. The van der Waals surface area contributed by atoms with Crippen LogP contribution in [0.4, 0.5) is 0 Å². The number of halogens is 1. The quantitative estimate of drug-likeness (QED) is 0.790. The van der Waals surface area contributed by atoms with Gasteiger partial charge in [-0.1, -0.05) is 54.1 Å². The van der Waals surface area contributed by atoms with Gasteiger partial charge in [0.05, 0.1) is 5.02 Å². The molecule has 2 N–H and O–H groups in total. The summed E-state index contributed by atoms with van der Waals surface area (Å²) in [6, 6.07) is 16.5. The van der Waals surface area contributed by atoms with Gasteiger partial charge >= 0.3 is 0 Å². The van der Waals surface area contributed by atoms with Crippen molar-refractivity contribution in [2.75, 3.05) is 0 Å². The van der Waals surface area contributed by atoms with E-state index in [4.69, 9.17) is 16.3 Å². The fourth-order valence-corrected chi connectivity index (χ4v) is 2.16. The van der Waals surface area contributed by atoms with Crippen LogP contribution in [0.3, 0.4) is 0 Å². The molecule has 2 aromatic rings. The lowest BCUT2D eigenvalue weighted by Gasteiger charge is -2.15. The van der Waals surface area contributed by atoms with Gasteiger partial charge < -0.3 is 4.74 Å². The van der Waals surface area contributed by atoms with E-state index >= 15 is 0 Å². The molecule has 0 radical (unpaired) electrons. The van der Waals surface area contributed by atoms with Crippen molar-refractivity contribution in [2.45, 2.75) is 25.9 Å². The number of amides is 2. The minimum atomic E-state index is -0.792. The number of aryl methyl sites for hydroxylation is 1. The Morgan fingerprint density at radius 1 is 1.04 bits per heavy atom. The molecule has 2 aromatic carbocycles. The van der Waals surface area contributed by atoms with Crippen LogP contribution in [0.15, 0.2) is 54.6 Å². The van der Waals surface area contributed by atoms with Gasteiger partial charge in [0.15, 0.2) is 6.10 Å². The van der Waals surface area contributed by atoms with Crippen molar-refractivity contribution in [1.29, 1.82) is 0 Å². The number of para-hydroxylation sites is 1. The van der Waals surface area contributed by atoms with Crippen LogP contribution in [0.1, 0.15) is 18.9 Å². The Morgan fingerprint density at radius 2 is 1.71 bits per heavy atom. The molecule has 0 aliphatic rings. The molecule has 0 aliphatic heterocycles. The van der Waals surface area contributed by atoms with E-state index in [0.717, 1.165) is 5.56 Å². The van der Waals surface area contributed by atoms with E-state index in [2.05, 4.69) is 10.9 Å². The number of hydrazine groups is 1. The van der Waals surface area contributed by atoms with Crippen molar-refractivity contribution in [3.63, 3.8) is 0 Å². The van der Waals surface area contributed by atoms with Crippen LogP contribution < -0.4 is 15.6 Å². The number of carbonyl (C=O) groups is 2. The van der Waals surface area contributed by atoms with Crippen molar-refractivity contribution < 1.29 is 14.3 Å². The normalized spacial score (nSPS) is 11.4. The second-order valence-electron chi connectivity index (χ2n) is 5.21. The van der Waals surface area contributed by atoms with E-state index in [1.54, 1.807) is 31.2 Å². The lowest BCUT2D eigenvalue weighted by molar-refractivity contribution is -0.132. The summed E-state index contributed by atoms with van der Waals surface area (Å²) in [5.74, 6) is -0.308. The zero-order valence-electron chi connectivity index (χ0n) is 13.3. The van der Waals surface area contributed by atoms with Crippen molar-refractivity contribution in [3.8, 4) is 5.75 Å². The SMILES string of the molecule is CC(Oc1ccccc1Cl)C(=O)NNC(=O)CCc1ccccc1. The molecule has 1 unspecified atom stereocenters. The molecular formula is C18H19ClN2O3. The highest BCUT2D eigenvalue weighted by molar-refractivity contribution is 6.32. The van der Waals surface area contributed by atoms with Gasteiger partial charge in [0.1, 0.15) is 5.75 Å². The number of rotatable bonds is 6. The van der Waals surface area contributed by atoms with Crippen molar-refractivity contribution >= 4 is 23.4 Å². The van der Waals surface area contributed by atoms with Crippen LogP contribution in [0.5, 0.6) is 5.75 Å². The Labute approximate surface area is 145 Å². The Hall–Kier alpha value is -2.53. The first kappa shape index (κ1) is 17.8. The third-order valence-corrected chi connectivity index (χ3v) is 3.63. The lowest BCUT2D eigenvalue weighted by Crippen LogP contribution is -2.47. The molecule has 0 fully saturated rings. The van der Waals surface area contributed by atoms with Crippen molar-refractivity contribution in [1.82, 2.24) is 10.9 Å². The van der Waals surface area contributed by atoms with Gasteiger partial charge in [0.25, 0.3) is 5.91 Å². The molecule has 0 spiro atoms. The molecule has 0 saturated heterocycles. The number of hydrogen-bond acceptors (Lipinski definition) is 3. The zero-order valence-corrected chi connectivity index (χ0v) is 14.0. The van der Waals surface area contributed by atoms with Gasteiger partial charge in [-0.15, -0.1) is 0 Å². The summed E-state index contributed by atoms with van der Waals surface area (Å²) in [5.41, 5.74) is 5.80. The Balaban J connectivity index is 1.73. The van der Waals surface area contributed by atoms with Gasteiger partial charge in [-0.25, -0.2) is 0 Å². The third kappa shape index (κ3) is 5.59. The van der Waals surface area contributed by atoms with E-state index in [9.17, 15) is 9.59 Å². The Morgan fingerprint density at radius 3 is 2.42 bits per heavy atom. The Kier molecular flexibility index (Phi) is 6.63. The summed E-state index contributed by atoms with van der Waals surface area (Å²) < 4.78 is 5.47. The molecule has 0 bridgehead atoms. The molecule has 0 aromatic heterocycles. The van der Waals surface area contributed by atoms with Crippen LogP contribution in [-0.4, -0.2) is 17.9 Å². The Bertz CT molecular complexity index is 692. The summed E-state index contributed by atoms with van der Waals surface area (Å²) in [5, 5.41) is 0.420. The minimum Gasteiger partial charge on any atom is -0.479 e. The largest absolute Gasteiger partial charge is 0.479 e. The molecular weight excluding hydrogens is 328 g/mol. The highest BCUT2D eigenvalue weighted by Crippen LogP contribution is 2.24. The first-order valence-electron chi connectivity index (χ1n) is 7.60. The number of carbonyl (C=O) groups excluding carboxylic acids is 2. The predicted molar refractivity (Wildman–Crippen MR) is 92.6 cm³/mol. The maximum absolute atomic E-state index is 11.9. The molecule has 0 saturated carbocycles. The molecule has 0 aliphatic carbocycles. The fourth-order valence-electron chi connectivity index (χ4n) is 1.98. The number of hydrogen-bond donors (Lipinski definition) is 2. The molecule has 24 heavy (non-hydrogen) atoms. The second kappa shape index (κ2) is 8.93. The minimum absolute atomic E-state index is 0.267. The molecule has 6 heteroatoms. The first-order valence-corrected chi connectivity index (χ1v) is 7.98. The van der Waals surface area contributed by atoms with Crippen molar-refractivity contribution in [2.24, 2.45) is 0 Å². The van der Waals surface area contributed by atoms with E-state index < -0.39 is 12.0 Å². The maximum atomic E-state index is 11.9. The number of benzene rings is 2. The van der Waals surface area contributed by atoms with Gasteiger partial charge in [-0.05, 0) is 31.0 Å². The fraction of sp³-hybridized carbons (Fsp3) is 0.222. The average molecular weight is 347 g/mol. The second-order valence-corrected chi connectivity index (χ2v) is 5.62. The zero-order chi connectivity index (χ0) is 17.4. The topological polar surface area (TPSA) is 67.4 Å². The van der Waals surface area contributed by atoms with Gasteiger partial charge in [-0.3, -0.25) is 20.4 Å². The van der Waals surface area contributed by atoms with Crippen LogP contribution in [-0.2, 0) is 16.0 Å². The van der Waals surface area contributed by atoms with Gasteiger partial charge in [0, 0.05) is 6.42 Å². The predicted octanol–water partition coefficient (Wildman–Crippen LogP) is 2.89. The molecule has 2 rings (SSSR count). The molecule has 126 valence electrons. The first-order chi connectivity index (χ1) is 11.6. The highest BCUT2D eigenvalue weighted by Gasteiger charge is 2.16. The van der Waals surface area contributed by atoms with Gasteiger partial charge in [-0.2, -0.15) is 0 Å². The number of nitrogens with one attached hydrogen (secondary N) is 2. The van der Waals surface area contributed by atoms with Crippen LogP contribution in [0.25, 0.3) is 0 Å². The highest BCUT2D eigenvalue weighted by atomic mass is 35.5. The van der Waals surface area contributed by atoms with E-state index in [1.807, 2.05) is 30.3 Å². The van der Waals surface area contributed by atoms with E-state index in [0.29, 0.717) is 17.2 Å². The molecule has 2 amide bonds. The van der Waals surface area contributed by atoms with Gasteiger partial charge in [0.2, 0.25) is 5.91 Å². The van der Waals surface area contributed by atoms with Crippen LogP contribution in [0.2, 0.25) is 5.02 Å². The summed E-state index contributed by atoms with van der Waals surface area (Å²) in [7, 11) is 0. The number of ether oxygens (including phenoxy) is 1. The molecule has 0 heterocycles. The summed E-state index contributed by atoms with van der Waals surface area (Å²) in [6.45, 7) is 1.58. The smallest absolute Gasteiger partial charge is 0.279 e. The summed E-state index contributed by atoms with van der Waals surface area (Å²) in [6.07, 6.45) is 0.0949. The van der Waals surface area contributed by atoms with Crippen LogP contribution >= 0.6 is 11.6 Å². The molecule has 5 nitrogen and oxygen atoms in total. The summed E-state index contributed by atoms with van der Waals surface area (Å²) >= 11 is 5.97. The van der Waals surface area contributed by atoms with E-state index in [-0.39, 0.29) is 12.3 Å². The lowest BCUT2D eigenvalue weighted by atomic mass is 10.1. The van der Waals surface area contributed by atoms with E-state index in [1.165, 1.54) is 0 Å². The molecule has 1 atom stereocenters. The van der Waals surface area contributed by atoms with Crippen molar-refractivity contribution in [3.05, 3.63) is 65.2 Å². The standard InChI is InChI=1S/C18H19ClN2O3/c1-13(24-16-10-6-5-9-15(16)19)18(23)21-20-17(22)12-11-14-7-3-2-4-8-14/h2-10,13H,11-12H2,1H3,(H,20,22)(H,21,23).